The van der Waals surface area contributed by atoms with E-state index in [1.807, 2.05) is 30.3 Å². The summed E-state index contributed by atoms with van der Waals surface area (Å²) >= 11 is 0. The van der Waals surface area contributed by atoms with Gasteiger partial charge in [0.2, 0.25) is 0 Å². The maximum absolute atomic E-state index is 12.7. The molecule has 0 unspecified atom stereocenters. The molecule has 1 N–H and O–H groups in total. The summed E-state index contributed by atoms with van der Waals surface area (Å²) in [6, 6.07) is 13.2. The van der Waals surface area contributed by atoms with E-state index in [4.69, 9.17) is 0 Å². The molecule has 1 amide bonds. The monoisotopic (exact) mass is 524 g/mol. The number of benzene rings is 1. The molecule has 2 aromatic rings. The van der Waals surface area contributed by atoms with Gasteiger partial charge in [0.1, 0.15) is 5.78 Å². The molecule has 0 aliphatic rings. The predicted octanol–water partition coefficient (Wildman–Crippen LogP) is 8.75. The van der Waals surface area contributed by atoms with Crippen LogP contribution < -0.4 is 5.32 Å². The van der Waals surface area contributed by atoms with Crippen LogP contribution in [0.5, 0.6) is 0 Å². The van der Waals surface area contributed by atoms with Crippen molar-refractivity contribution in [3.8, 4) is 11.3 Å². The molecule has 1 heterocycles. The zero-order chi connectivity index (χ0) is 27.8. The molecule has 1 aromatic carbocycles. The topological polar surface area (TPSA) is 59.1 Å². The Morgan fingerprint density at radius 2 is 1.31 bits per heavy atom. The fourth-order valence-corrected chi connectivity index (χ4v) is 3.91. The Bertz CT molecular complexity index is 1110. The van der Waals surface area contributed by atoms with Gasteiger partial charge in [-0.05, 0) is 63.5 Å². The highest BCUT2D eigenvalue weighted by atomic mass is 16.1. The molecule has 4 nitrogen and oxygen atoms in total. The number of rotatable bonds is 19. The van der Waals surface area contributed by atoms with Gasteiger partial charge in [0.15, 0.2) is 0 Å². The number of unbranched alkanes of at least 4 members (excludes halogenated alkanes) is 1. The summed E-state index contributed by atoms with van der Waals surface area (Å²) in [5, 5.41) is 2.93. The summed E-state index contributed by atoms with van der Waals surface area (Å²) in [6.45, 7) is 2.62. The quantitative estimate of drug-likeness (QED) is 0.148. The van der Waals surface area contributed by atoms with E-state index in [2.05, 4.69) is 78.0 Å². The molecule has 4 heteroatoms. The van der Waals surface area contributed by atoms with Crippen LogP contribution in [0.2, 0.25) is 0 Å². The number of Topliss-reactive ketones (excluding diaryl/α,β-unsaturated/α-hetero) is 1. The van der Waals surface area contributed by atoms with Gasteiger partial charge in [-0.15, -0.1) is 0 Å². The molecule has 0 spiro atoms. The number of ketones is 1. The SMILES string of the molecule is CC/C=C\C/C=C\C/C=C\C/C=C\C/C=C\CCCC(=O)CCCNC(=O)c1cccnc1-c1ccccc1. The van der Waals surface area contributed by atoms with E-state index >= 15 is 0 Å². The number of hydrogen-bond acceptors (Lipinski definition) is 3. The molecule has 39 heavy (non-hydrogen) atoms. The molecule has 0 aliphatic heterocycles. The van der Waals surface area contributed by atoms with Gasteiger partial charge in [0.05, 0.1) is 11.3 Å². The molecule has 1 aromatic heterocycles. The van der Waals surface area contributed by atoms with Crippen LogP contribution in [-0.4, -0.2) is 23.2 Å². The average Bonchev–Trinajstić information content (AvgIpc) is 2.97. The van der Waals surface area contributed by atoms with Crippen molar-refractivity contribution in [1.29, 1.82) is 0 Å². The zero-order valence-electron chi connectivity index (χ0n) is 23.4. The van der Waals surface area contributed by atoms with E-state index in [0.29, 0.717) is 37.1 Å². The lowest BCUT2D eigenvalue weighted by Crippen LogP contribution is -2.25. The molecule has 2 rings (SSSR count). The van der Waals surface area contributed by atoms with Crippen molar-refractivity contribution in [1.82, 2.24) is 10.3 Å². The van der Waals surface area contributed by atoms with Crippen LogP contribution in [0.3, 0.4) is 0 Å². The van der Waals surface area contributed by atoms with E-state index in [-0.39, 0.29) is 11.7 Å². The minimum absolute atomic E-state index is 0.159. The lowest BCUT2D eigenvalue weighted by atomic mass is 10.1. The van der Waals surface area contributed by atoms with E-state index in [9.17, 15) is 9.59 Å². The summed E-state index contributed by atoms with van der Waals surface area (Å²) in [5.41, 5.74) is 2.12. The van der Waals surface area contributed by atoms with Gasteiger partial charge in [-0.3, -0.25) is 14.6 Å². The Labute approximate surface area is 235 Å². The van der Waals surface area contributed by atoms with Crippen LogP contribution in [0.15, 0.2) is 109 Å². The summed E-state index contributed by atoms with van der Waals surface area (Å²) in [6.07, 6.45) is 32.1. The van der Waals surface area contributed by atoms with Crippen LogP contribution >= 0.6 is 0 Å². The van der Waals surface area contributed by atoms with E-state index in [0.717, 1.165) is 50.5 Å². The van der Waals surface area contributed by atoms with Gasteiger partial charge in [-0.1, -0.05) is 98.0 Å². The first-order chi connectivity index (χ1) is 19.2. The molecular weight excluding hydrogens is 480 g/mol. The van der Waals surface area contributed by atoms with Crippen LogP contribution in [0.4, 0.5) is 0 Å². The van der Waals surface area contributed by atoms with Crippen molar-refractivity contribution < 1.29 is 9.59 Å². The van der Waals surface area contributed by atoms with Crippen molar-refractivity contribution in [2.24, 2.45) is 0 Å². The number of hydrogen-bond donors (Lipinski definition) is 1. The Hall–Kier alpha value is -3.79. The predicted molar refractivity (Wildman–Crippen MR) is 165 cm³/mol. The van der Waals surface area contributed by atoms with Gasteiger partial charge in [-0.2, -0.15) is 0 Å². The third kappa shape index (κ3) is 14.7. The van der Waals surface area contributed by atoms with Crippen molar-refractivity contribution in [2.75, 3.05) is 6.54 Å². The molecule has 0 atom stereocenters. The van der Waals surface area contributed by atoms with Crippen LogP contribution in [0.1, 0.15) is 81.5 Å². The summed E-state index contributed by atoms with van der Waals surface area (Å²) in [4.78, 5) is 29.2. The highest BCUT2D eigenvalue weighted by molar-refractivity contribution is 5.99. The van der Waals surface area contributed by atoms with Crippen molar-refractivity contribution in [3.05, 3.63) is 115 Å². The number of nitrogens with one attached hydrogen (secondary N) is 1. The average molecular weight is 525 g/mol. The van der Waals surface area contributed by atoms with Crippen LogP contribution in [-0.2, 0) is 4.79 Å². The molecule has 0 fully saturated rings. The number of pyridine rings is 1. The lowest BCUT2D eigenvalue weighted by molar-refractivity contribution is -0.119. The summed E-state index contributed by atoms with van der Waals surface area (Å²) in [5.74, 6) is 0.0933. The third-order valence-corrected chi connectivity index (χ3v) is 6.00. The lowest BCUT2D eigenvalue weighted by Gasteiger charge is -2.09. The Morgan fingerprint density at radius 1 is 0.718 bits per heavy atom. The smallest absolute Gasteiger partial charge is 0.253 e. The van der Waals surface area contributed by atoms with Crippen molar-refractivity contribution >= 4 is 11.7 Å². The molecule has 0 saturated heterocycles. The molecule has 0 saturated carbocycles. The molecule has 0 aliphatic carbocycles. The maximum atomic E-state index is 12.7. The van der Waals surface area contributed by atoms with E-state index in [1.165, 1.54) is 0 Å². The number of aromatic nitrogens is 1. The number of allylic oxidation sites excluding steroid dienone is 10. The normalized spacial score (nSPS) is 12.0. The molecule has 206 valence electrons. The standard InChI is InChI=1S/C35H44N2O2/c1-2-3-4-5-6-7-8-9-10-11-12-13-14-15-16-17-21-26-32(38)27-22-30-37-35(39)33-28-23-29-36-34(33)31-24-19-18-20-25-31/h3-4,6-7,9-10,12-13,15-16,18-20,23-25,28-29H,2,5,8,11,14,17,21-22,26-27,30H2,1H3,(H,37,39)/b4-3-,7-6-,10-9-,13-12-,16-15-. The molecule has 0 bridgehead atoms. The second kappa shape index (κ2) is 21.2. The van der Waals surface area contributed by atoms with Gasteiger partial charge >= 0.3 is 0 Å². The first-order valence-electron chi connectivity index (χ1n) is 14.3. The Balaban J connectivity index is 1.50. The molecular formula is C35H44N2O2. The second-order valence-corrected chi connectivity index (χ2v) is 9.26. The summed E-state index contributed by atoms with van der Waals surface area (Å²) in [7, 11) is 0. The van der Waals surface area contributed by atoms with Gasteiger partial charge in [0.25, 0.3) is 5.91 Å². The Morgan fingerprint density at radius 3 is 1.95 bits per heavy atom. The largest absolute Gasteiger partial charge is 0.352 e. The van der Waals surface area contributed by atoms with Gasteiger partial charge in [-0.25, -0.2) is 0 Å². The fourth-order valence-electron chi connectivity index (χ4n) is 3.91. The first-order valence-corrected chi connectivity index (χ1v) is 14.3. The van der Waals surface area contributed by atoms with Crippen molar-refractivity contribution in [3.63, 3.8) is 0 Å². The number of amides is 1. The third-order valence-electron chi connectivity index (χ3n) is 6.00. The number of carbonyl (C=O) groups is 2. The van der Waals surface area contributed by atoms with E-state index < -0.39 is 0 Å². The highest BCUT2D eigenvalue weighted by Crippen LogP contribution is 2.20. The number of nitrogens with zero attached hydrogens (tertiary/aromatic N) is 1. The fraction of sp³-hybridized carbons (Fsp3) is 0.343. The minimum Gasteiger partial charge on any atom is -0.352 e. The van der Waals surface area contributed by atoms with Crippen LogP contribution in [0, 0.1) is 0 Å². The maximum Gasteiger partial charge on any atom is 0.253 e. The minimum atomic E-state index is -0.159. The molecule has 0 radical (unpaired) electrons. The first kappa shape index (κ1) is 31.4. The number of carbonyl (C=O) groups excluding carboxylic acids is 2. The second-order valence-electron chi connectivity index (χ2n) is 9.26. The highest BCUT2D eigenvalue weighted by Gasteiger charge is 2.13. The van der Waals surface area contributed by atoms with E-state index in [1.54, 1.807) is 18.3 Å². The van der Waals surface area contributed by atoms with Crippen molar-refractivity contribution in [2.45, 2.75) is 71.1 Å². The summed E-state index contributed by atoms with van der Waals surface area (Å²) < 4.78 is 0. The van der Waals surface area contributed by atoms with Gasteiger partial charge < -0.3 is 5.32 Å². The van der Waals surface area contributed by atoms with Gasteiger partial charge in [0, 0.05) is 31.1 Å². The van der Waals surface area contributed by atoms with Crippen LogP contribution in [0.25, 0.3) is 11.3 Å². The Kier molecular flexibility index (Phi) is 17.1. The zero-order valence-corrected chi connectivity index (χ0v) is 23.4.